The minimum Gasteiger partial charge on any atom is -0.459 e. The fraction of sp³-hybridized carbons (Fsp3) is 0.176. The van der Waals surface area contributed by atoms with E-state index in [1.807, 2.05) is 19.1 Å². The van der Waals surface area contributed by atoms with Gasteiger partial charge in [0.05, 0.1) is 16.5 Å². The Morgan fingerprint density at radius 2 is 2.12 bits per heavy atom. The van der Waals surface area contributed by atoms with Gasteiger partial charge in [-0.15, -0.1) is 0 Å². The summed E-state index contributed by atoms with van der Waals surface area (Å²) >= 11 is 6.47. The van der Waals surface area contributed by atoms with Gasteiger partial charge in [-0.2, -0.15) is 0 Å². The van der Waals surface area contributed by atoms with E-state index in [1.54, 1.807) is 18.2 Å². The van der Waals surface area contributed by atoms with Gasteiger partial charge in [0.25, 0.3) is 5.91 Å². The van der Waals surface area contributed by atoms with E-state index < -0.39 is 0 Å². The summed E-state index contributed by atoms with van der Waals surface area (Å²) in [5, 5.41) is 9.02. The van der Waals surface area contributed by atoms with E-state index in [-0.39, 0.29) is 22.7 Å². The molecule has 9 heteroatoms. The van der Waals surface area contributed by atoms with Gasteiger partial charge in [0.15, 0.2) is 16.0 Å². The predicted molar refractivity (Wildman–Crippen MR) is 106 cm³/mol. The van der Waals surface area contributed by atoms with Crippen LogP contribution in [0.5, 0.6) is 0 Å². The number of amides is 2. The van der Waals surface area contributed by atoms with Crippen LogP contribution in [0.1, 0.15) is 30.3 Å². The summed E-state index contributed by atoms with van der Waals surface area (Å²) in [7, 11) is 0. The third-order valence-corrected chi connectivity index (χ3v) is 4.48. The SMILES string of the molecule is CCCC(=O)NC(=S)Nc1ccc2nc(NC(=O)c3ccco3)sc2c1. The van der Waals surface area contributed by atoms with Crippen molar-refractivity contribution in [1.29, 1.82) is 0 Å². The van der Waals surface area contributed by atoms with Crippen LogP contribution < -0.4 is 16.0 Å². The molecule has 26 heavy (non-hydrogen) atoms. The van der Waals surface area contributed by atoms with Crippen molar-refractivity contribution in [3.63, 3.8) is 0 Å². The molecule has 0 aliphatic rings. The largest absolute Gasteiger partial charge is 0.459 e. The highest BCUT2D eigenvalue weighted by molar-refractivity contribution is 7.80. The molecular formula is C17H16N4O3S2. The van der Waals surface area contributed by atoms with E-state index in [9.17, 15) is 9.59 Å². The summed E-state index contributed by atoms with van der Waals surface area (Å²) in [5.74, 6) is -0.251. The quantitative estimate of drug-likeness (QED) is 0.576. The maximum absolute atomic E-state index is 12.0. The molecule has 0 aliphatic carbocycles. The standard InChI is InChI=1S/C17H16N4O3S2/c1-2-4-14(22)20-16(25)18-10-6-7-11-13(9-10)26-17(19-11)21-15(23)12-5-3-8-24-12/h3,5-9H,2,4H2,1H3,(H,19,21,23)(H2,18,20,22,25). The highest BCUT2D eigenvalue weighted by atomic mass is 32.1. The van der Waals surface area contributed by atoms with Gasteiger partial charge in [-0.1, -0.05) is 18.3 Å². The number of nitrogens with zero attached hydrogens (tertiary/aromatic N) is 1. The van der Waals surface area contributed by atoms with Crippen molar-refractivity contribution in [3.05, 3.63) is 42.4 Å². The van der Waals surface area contributed by atoms with Crippen LogP contribution in [-0.4, -0.2) is 21.9 Å². The van der Waals surface area contributed by atoms with E-state index in [0.717, 1.165) is 22.3 Å². The number of nitrogens with one attached hydrogen (secondary N) is 3. The average molecular weight is 388 g/mol. The maximum atomic E-state index is 12.0. The van der Waals surface area contributed by atoms with Gasteiger partial charge >= 0.3 is 0 Å². The molecule has 0 atom stereocenters. The summed E-state index contributed by atoms with van der Waals surface area (Å²) in [6, 6.07) is 8.70. The van der Waals surface area contributed by atoms with Crippen molar-refractivity contribution in [3.8, 4) is 0 Å². The van der Waals surface area contributed by atoms with Gasteiger partial charge in [-0.3, -0.25) is 14.9 Å². The summed E-state index contributed by atoms with van der Waals surface area (Å²) in [4.78, 5) is 27.9. The fourth-order valence-electron chi connectivity index (χ4n) is 2.20. The molecule has 0 unspecified atom stereocenters. The van der Waals surface area contributed by atoms with Crippen molar-refractivity contribution >= 4 is 61.5 Å². The fourth-order valence-corrected chi connectivity index (χ4v) is 3.33. The van der Waals surface area contributed by atoms with Gasteiger partial charge in [0, 0.05) is 12.1 Å². The first-order chi connectivity index (χ1) is 12.5. The molecule has 0 spiro atoms. The Balaban J connectivity index is 1.68. The number of hydrogen-bond acceptors (Lipinski definition) is 6. The first-order valence-electron chi connectivity index (χ1n) is 7.91. The lowest BCUT2D eigenvalue weighted by molar-refractivity contribution is -0.119. The van der Waals surface area contributed by atoms with E-state index in [4.69, 9.17) is 16.6 Å². The zero-order valence-corrected chi connectivity index (χ0v) is 15.5. The Hall–Kier alpha value is -2.78. The second kappa shape index (κ2) is 8.07. The molecule has 3 aromatic rings. The predicted octanol–water partition coefficient (Wildman–Crippen LogP) is 3.75. The Kier molecular flexibility index (Phi) is 5.59. The first kappa shape index (κ1) is 18.0. The molecule has 3 N–H and O–H groups in total. The van der Waals surface area contributed by atoms with Gasteiger partial charge in [-0.05, 0) is 49.0 Å². The van der Waals surface area contributed by atoms with Crippen molar-refractivity contribution in [2.75, 3.05) is 10.6 Å². The number of hydrogen-bond donors (Lipinski definition) is 3. The Labute approximate surface area is 158 Å². The normalized spacial score (nSPS) is 10.5. The third-order valence-electron chi connectivity index (χ3n) is 3.34. The summed E-state index contributed by atoms with van der Waals surface area (Å²) in [6.07, 6.45) is 2.62. The van der Waals surface area contributed by atoms with Crippen LogP contribution in [0.2, 0.25) is 0 Å². The average Bonchev–Trinajstić information content (AvgIpc) is 3.23. The van der Waals surface area contributed by atoms with Crippen molar-refractivity contribution in [2.45, 2.75) is 19.8 Å². The highest BCUT2D eigenvalue weighted by Crippen LogP contribution is 2.28. The molecule has 0 saturated heterocycles. The van der Waals surface area contributed by atoms with Gasteiger partial charge in [0.1, 0.15) is 0 Å². The van der Waals surface area contributed by atoms with Crippen LogP contribution >= 0.6 is 23.6 Å². The number of benzene rings is 1. The highest BCUT2D eigenvalue weighted by Gasteiger charge is 2.12. The van der Waals surface area contributed by atoms with Crippen LogP contribution in [0, 0.1) is 0 Å². The van der Waals surface area contributed by atoms with Crippen molar-refractivity contribution in [1.82, 2.24) is 10.3 Å². The zero-order valence-electron chi connectivity index (χ0n) is 13.9. The minimum absolute atomic E-state index is 0.119. The smallest absolute Gasteiger partial charge is 0.293 e. The zero-order chi connectivity index (χ0) is 18.5. The van der Waals surface area contributed by atoms with E-state index in [2.05, 4.69) is 20.9 Å². The lowest BCUT2D eigenvalue weighted by Crippen LogP contribution is -2.33. The number of aromatic nitrogens is 1. The molecule has 0 saturated carbocycles. The summed E-state index contributed by atoms with van der Waals surface area (Å²) in [5.41, 5.74) is 1.48. The van der Waals surface area contributed by atoms with E-state index in [0.29, 0.717) is 11.6 Å². The molecule has 2 amide bonds. The molecule has 3 rings (SSSR count). The lowest BCUT2D eigenvalue weighted by Gasteiger charge is -2.08. The van der Waals surface area contributed by atoms with Crippen LogP contribution in [0.15, 0.2) is 41.0 Å². The molecular weight excluding hydrogens is 372 g/mol. The lowest BCUT2D eigenvalue weighted by atomic mass is 10.3. The second-order valence-electron chi connectivity index (χ2n) is 5.39. The number of fused-ring (bicyclic) bond motifs is 1. The number of thiocarbonyl (C=S) groups is 1. The van der Waals surface area contributed by atoms with Crippen LogP contribution in [0.25, 0.3) is 10.2 Å². The molecule has 2 aromatic heterocycles. The number of carbonyl (C=O) groups is 2. The molecule has 0 radical (unpaired) electrons. The maximum Gasteiger partial charge on any atom is 0.293 e. The Morgan fingerprint density at radius 1 is 1.27 bits per heavy atom. The summed E-state index contributed by atoms with van der Waals surface area (Å²) in [6.45, 7) is 1.93. The number of rotatable bonds is 5. The number of carbonyl (C=O) groups excluding carboxylic acids is 2. The summed E-state index contributed by atoms with van der Waals surface area (Å²) < 4.78 is 5.93. The van der Waals surface area contributed by atoms with Gasteiger partial charge < -0.3 is 15.1 Å². The van der Waals surface area contributed by atoms with Crippen LogP contribution in [0.4, 0.5) is 10.8 Å². The molecule has 1 aromatic carbocycles. The molecule has 7 nitrogen and oxygen atoms in total. The van der Waals surface area contributed by atoms with Crippen LogP contribution in [0.3, 0.4) is 0 Å². The van der Waals surface area contributed by atoms with E-state index >= 15 is 0 Å². The molecule has 0 bridgehead atoms. The van der Waals surface area contributed by atoms with Crippen molar-refractivity contribution in [2.24, 2.45) is 0 Å². The third kappa shape index (κ3) is 4.44. The molecule has 0 fully saturated rings. The number of thiazole rings is 1. The molecule has 0 aliphatic heterocycles. The van der Waals surface area contributed by atoms with Gasteiger partial charge in [-0.25, -0.2) is 4.98 Å². The Bertz CT molecular complexity index is 950. The van der Waals surface area contributed by atoms with E-state index in [1.165, 1.54) is 17.6 Å². The topological polar surface area (TPSA) is 96.3 Å². The van der Waals surface area contributed by atoms with Crippen LogP contribution in [-0.2, 0) is 4.79 Å². The Morgan fingerprint density at radius 3 is 2.85 bits per heavy atom. The number of furan rings is 1. The first-order valence-corrected chi connectivity index (χ1v) is 9.14. The monoisotopic (exact) mass is 388 g/mol. The minimum atomic E-state index is -0.354. The van der Waals surface area contributed by atoms with Crippen molar-refractivity contribution < 1.29 is 14.0 Å². The second-order valence-corrected chi connectivity index (χ2v) is 6.82. The molecule has 134 valence electrons. The molecule has 2 heterocycles. The van der Waals surface area contributed by atoms with Gasteiger partial charge in [0.2, 0.25) is 5.91 Å². The number of anilines is 2.